The molecule has 0 fully saturated rings. The number of rotatable bonds is 3. The second-order valence-electron chi connectivity index (χ2n) is 7.71. The molecule has 0 bridgehead atoms. The van der Waals surface area contributed by atoms with Crippen LogP contribution in [0.2, 0.25) is 0 Å². The number of nitrogens with zero attached hydrogens (tertiary/aromatic N) is 3. The van der Waals surface area contributed by atoms with Gasteiger partial charge in [0.15, 0.2) is 0 Å². The van der Waals surface area contributed by atoms with Gasteiger partial charge in [-0.3, -0.25) is 4.79 Å². The molecule has 0 unspecified atom stereocenters. The molecule has 0 saturated heterocycles. The predicted octanol–water partition coefficient (Wildman–Crippen LogP) is 3.50. The number of Topliss-reactive ketones (excluding diaryl/α,β-unsaturated/α-hetero) is 1. The van der Waals surface area contributed by atoms with Crippen molar-refractivity contribution in [1.82, 2.24) is 14.8 Å². The highest BCUT2D eigenvalue weighted by molar-refractivity contribution is 5.88. The van der Waals surface area contributed by atoms with Gasteiger partial charge in [-0.15, -0.1) is 0 Å². The first-order valence-corrected chi connectivity index (χ1v) is 9.06. The Labute approximate surface area is 153 Å². The van der Waals surface area contributed by atoms with Gasteiger partial charge in [0.1, 0.15) is 17.4 Å². The molecule has 2 aromatic rings. The lowest BCUT2D eigenvalue weighted by atomic mass is 9.72. The maximum absolute atomic E-state index is 13.0. The molecule has 136 valence electrons. The largest absolute Gasteiger partial charge is 0.494 e. The highest BCUT2D eigenvalue weighted by Gasteiger charge is 2.44. The van der Waals surface area contributed by atoms with E-state index in [1.54, 1.807) is 0 Å². The van der Waals surface area contributed by atoms with Crippen LogP contribution in [0.25, 0.3) is 0 Å². The third kappa shape index (κ3) is 2.79. The summed E-state index contributed by atoms with van der Waals surface area (Å²) < 4.78 is 7.40. The topological polar surface area (TPSA) is 69.0 Å². The Balaban J connectivity index is 1.83. The average molecular weight is 352 g/mol. The van der Waals surface area contributed by atoms with Crippen LogP contribution in [0.5, 0.6) is 5.75 Å². The van der Waals surface area contributed by atoms with Gasteiger partial charge in [-0.2, -0.15) is 10.1 Å². The Bertz CT molecular complexity index is 880. The molecule has 0 spiro atoms. The van der Waals surface area contributed by atoms with Crippen LogP contribution < -0.4 is 10.1 Å². The average Bonchev–Trinajstić information content (AvgIpc) is 2.92. The minimum atomic E-state index is -0.269. The molecule has 1 aromatic heterocycles. The molecule has 0 saturated carbocycles. The molecule has 1 aliphatic carbocycles. The molecular formula is C20H24N4O2. The molecule has 2 heterocycles. The SMILES string of the molecule is CCOc1ccc([C@H]2[C@@H]3C(=O)CC(C)(C)C=C3Nc3nc(C)nn32)cc1. The van der Waals surface area contributed by atoms with Crippen LogP contribution in [0, 0.1) is 18.3 Å². The Morgan fingerprint density at radius 3 is 2.73 bits per heavy atom. The van der Waals surface area contributed by atoms with E-state index >= 15 is 0 Å². The van der Waals surface area contributed by atoms with E-state index in [1.807, 2.05) is 42.8 Å². The molecule has 0 radical (unpaired) electrons. The van der Waals surface area contributed by atoms with Gasteiger partial charge in [0.25, 0.3) is 0 Å². The number of ketones is 1. The molecule has 2 atom stereocenters. The lowest BCUT2D eigenvalue weighted by molar-refractivity contribution is -0.125. The number of benzene rings is 1. The van der Waals surface area contributed by atoms with Gasteiger partial charge in [0.2, 0.25) is 5.95 Å². The molecular weight excluding hydrogens is 328 g/mol. The van der Waals surface area contributed by atoms with Gasteiger partial charge in [-0.1, -0.05) is 32.1 Å². The van der Waals surface area contributed by atoms with Crippen molar-refractivity contribution in [1.29, 1.82) is 0 Å². The summed E-state index contributed by atoms with van der Waals surface area (Å²) in [5, 5.41) is 7.90. The quantitative estimate of drug-likeness (QED) is 0.916. The number of aryl methyl sites for hydroxylation is 1. The Kier molecular flexibility index (Phi) is 3.86. The number of ether oxygens (including phenoxy) is 1. The fraction of sp³-hybridized carbons (Fsp3) is 0.450. The lowest BCUT2D eigenvalue weighted by Crippen LogP contribution is -2.42. The van der Waals surface area contributed by atoms with Gasteiger partial charge in [-0.25, -0.2) is 4.68 Å². The summed E-state index contributed by atoms with van der Waals surface area (Å²) in [6, 6.07) is 7.74. The number of fused-ring (bicyclic) bond motifs is 2. The van der Waals surface area contributed by atoms with Crippen molar-refractivity contribution in [2.75, 3.05) is 11.9 Å². The van der Waals surface area contributed by atoms with E-state index in [-0.39, 0.29) is 23.2 Å². The summed E-state index contributed by atoms with van der Waals surface area (Å²) in [6.45, 7) is 8.64. The number of allylic oxidation sites excluding steroid dienone is 2. The van der Waals surface area contributed by atoms with Crippen molar-refractivity contribution in [2.24, 2.45) is 11.3 Å². The summed E-state index contributed by atoms with van der Waals surface area (Å²) >= 11 is 0. The van der Waals surface area contributed by atoms with Gasteiger partial charge >= 0.3 is 0 Å². The van der Waals surface area contributed by atoms with E-state index in [1.165, 1.54) is 0 Å². The second kappa shape index (κ2) is 5.97. The molecule has 4 rings (SSSR count). The molecule has 1 N–H and O–H groups in total. The fourth-order valence-corrected chi connectivity index (χ4v) is 4.00. The molecule has 26 heavy (non-hydrogen) atoms. The lowest BCUT2D eigenvalue weighted by Gasteiger charge is -2.40. The molecule has 1 aromatic carbocycles. The first kappa shape index (κ1) is 16.8. The standard InChI is InChI=1S/C20H24N4O2/c1-5-26-14-8-6-13(7-9-14)18-17-15(10-20(3,4)11-16(17)25)22-19-21-12(2)23-24(18)19/h6-10,17-18H,5,11H2,1-4H3,(H,21,22,23)/t17-,18-/m0/s1. The van der Waals surface area contributed by atoms with Crippen molar-refractivity contribution in [2.45, 2.75) is 40.2 Å². The first-order chi connectivity index (χ1) is 12.4. The van der Waals surface area contributed by atoms with E-state index in [2.05, 4.69) is 35.3 Å². The number of aromatic nitrogens is 3. The maximum atomic E-state index is 13.0. The van der Waals surface area contributed by atoms with Gasteiger partial charge in [0.05, 0.1) is 18.6 Å². The summed E-state index contributed by atoms with van der Waals surface area (Å²) in [7, 11) is 0. The molecule has 6 nitrogen and oxygen atoms in total. The Morgan fingerprint density at radius 1 is 1.31 bits per heavy atom. The third-order valence-corrected chi connectivity index (χ3v) is 4.96. The van der Waals surface area contributed by atoms with Crippen molar-refractivity contribution in [3.63, 3.8) is 0 Å². The predicted molar refractivity (Wildman–Crippen MR) is 99.1 cm³/mol. The van der Waals surface area contributed by atoms with Crippen molar-refractivity contribution in [3.05, 3.63) is 47.4 Å². The van der Waals surface area contributed by atoms with Crippen molar-refractivity contribution in [3.8, 4) is 5.75 Å². The first-order valence-electron chi connectivity index (χ1n) is 9.06. The van der Waals surface area contributed by atoms with Crippen LogP contribution in [0.3, 0.4) is 0 Å². The van der Waals surface area contributed by atoms with Crippen LogP contribution in [0.4, 0.5) is 5.95 Å². The van der Waals surface area contributed by atoms with E-state index < -0.39 is 0 Å². The number of anilines is 1. The number of nitrogens with one attached hydrogen (secondary N) is 1. The highest BCUT2D eigenvalue weighted by atomic mass is 16.5. The van der Waals surface area contributed by atoms with Gasteiger partial charge < -0.3 is 10.1 Å². The minimum Gasteiger partial charge on any atom is -0.494 e. The van der Waals surface area contributed by atoms with E-state index in [9.17, 15) is 4.79 Å². The molecule has 1 aliphatic heterocycles. The maximum Gasteiger partial charge on any atom is 0.226 e. The van der Waals surface area contributed by atoms with E-state index in [0.717, 1.165) is 17.0 Å². The number of carbonyl (C=O) groups excluding carboxylic acids is 1. The number of hydrogen-bond donors (Lipinski definition) is 1. The normalized spacial score (nSPS) is 23.5. The fourth-order valence-electron chi connectivity index (χ4n) is 4.00. The van der Waals surface area contributed by atoms with Crippen LogP contribution in [-0.4, -0.2) is 27.2 Å². The molecule has 0 amide bonds. The summed E-state index contributed by atoms with van der Waals surface area (Å²) in [5.74, 6) is 2.17. The van der Waals surface area contributed by atoms with Crippen LogP contribution in [-0.2, 0) is 4.79 Å². The summed E-state index contributed by atoms with van der Waals surface area (Å²) in [4.78, 5) is 17.5. The second-order valence-corrected chi connectivity index (χ2v) is 7.71. The number of carbonyl (C=O) groups is 1. The van der Waals surface area contributed by atoms with Crippen molar-refractivity contribution < 1.29 is 9.53 Å². The Morgan fingerprint density at radius 2 is 2.04 bits per heavy atom. The molecule has 6 heteroatoms. The molecule has 2 aliphatic rings. The van der Waals surface area contributed by atoms with Gasteiger partial charge in [0, 0.05) is 12.1 Å². The zero-order valence-electron chi connectivity index (χ0n) is 15.6. The van der Waals surface area contributed by atoms with Crippen LogP contribution in [0.1, 0.15) is 44.6 Å². The summed E-state index contributed by atoms with van der Waals surface area (Å²) in [6.07, 6.45) is 2.70. The number of hydrogen-bond acceptors (Lipinski definition) is 5. The van der Waals surface area contributed by atoms with E-state index in [4.69, 9.17) is 4.74 Å². The van der Waals surface area contributed by atoms with E-state index in [0.29, 0.717) is 24.8 Å². The minimum absolute atomic E-state index is 0.156. The Hall–Kier alpha value is -2.63. The zero-order chi connectivity index (χ0) is 18.5. The van der Waals surface area contributed by atoms with Crippen LogP contribution in [0.15, 0.2) is 36.0 Å². The third-order valence-electron chi connectivity index (χ3n) is 4.96. The summed E-state index contributed by atoms with van der Waals surface area (Å²) in [5.41, 5.74) is 1.81. The van der Waals surface area contributed by atoms with Gasteiger partial charge in [-0.05, 0) is 37.0 Å². The zero-order valence-corrected chi connectivity index (χ0v) is 15.6. The smallest absolute Gasteiger partial charge is 0.226 e. The van der Waals surface area contributed by atoms with Crippen LogP contribution >= 0.6 is 0 Å². The highest BCUT2D eigenvalue weighted by Crippen LogP contribution is 2.45. The monoisotopic (exact) mass is 352 g/mol. The van der Waals surface area contributed by atoms with Crippen molar-refractivity contribution >= 4 is 11.7 Å².